The summed E-state index contributed by atoms with van der Waals surface area (Å²) in [5.74, 6) is -1.24. The molecule has 0 fully saturated rings. The largest absolute Gasteiger partial charge is 0.478 e. The second-order valence-corrected chi connectivity index (χ2v) is 4.93. The van der Waals surface area contributed by atoms with E-state index in [0.717, 1.165) is 11.6 Å². The van der Waals surface area contributed by atoms with E-state index in [0.29, 0.717) is 11.3 Å². The van der Waals surface area contributed by atoms with Gasteiger partial charge in [-0.2, -0.15) is 0 Å². The fourth-order valence-corrected chi connectivity index (χ4v) is 2.21. The lowest BCUT2D eigenvalue weighted by molar-refractivity contribution is -0.131. The van der Waals surface area contributed by atoms with Gasteiger partial charge in [0.25, 0.3) is 0 Å². The Morgan fingerprint density at radius 1 is 1.22 bits per heavy atom. The lowest BCUT2D eigenvalue weighted by atomic mass is 9.95. The number of aliphatic carboxylic acids is 1. The summed E-state index contributed by atoms with van der Waals surface area (Å²) in [5, 5.41) is 9.17. The Balaban J connectivity index is 2.63. The first-order chi connectivity index (χ1) is 11.0. The summed E-state index contributed by atoms with van der Waals surface area (Å²) < 4.78 is 24.5. The average Bonchev–Trinajstić information content (AvgIpc) is 2.52. The van der Waals surface area contributed by atoms with Crippen LogP contribution in [0.4, 0.5) is 4.39 Å². The Labute approximate surface area is 133 Å². The Morgan fingerprint density at radius 3 is 2.61 bits per heavy atom. The molecule has 0 aromatic heterocycles. The van der Waals surface area contributed by atoms with Gasteiger partial charge in [-0.1, -0.05) is 29.8 Å². The van der Waals surface area contributed by atoms with E-state index in [9.17, 15) is 9.18 Å². The number of hydrogen-bond donors (Lipinski definition) is 1. The summed E-state index contributed by atoms with van der Waals surface area (Å²) in [4.78, 5) is 11.2. The molecule has 0 heterocycles. The summed E-state index contributed by atoms with van der Waals surface area (Å²) in [6.07, 6.45) is 0.979. The molecule has 0 saturated heterocycles. The minimum absolute atomic E-state index is 0.00762. The van der Waals surface area contributed by atoms with Crippen molar-refractivity contribution in [2.75, 3.05) is 13.9 Å². The number of carboxylic acid groups (broad SMARTS) is 1. The average molecular weight is 316 g/mol. The Hall–Kier alpha value is -2.66. The molecule has 0 spiro atoms. The van der Waals surface area contributed by atoms with Crippen LogP contribution in [0.3, 0.4) is 0 Å². The van der Waals surface area contributed by atoms with E-state index >= 15 is 0 Å². The molecular weight excluding hydrogens is 299 g/mol. The van der Waals surface area contributed by atoms with Crippen molar-refractivity contribution in [1.29, 1.82) is 0 Å². The van der Waals surface area contributed by atoms with Gasteiger partial charge in [0.1, 0.15) is 11.6 Å². The van der Waals surface area contributed by atoms with Crippen molar-refractivity contribution in [3.8, 4) is 5.75 Å². The van der Waals surface area contributed by atoms with Crippen LogP contribution in [0.5, 0.6) is 5.75 Å². The van der Waals surface area contributed by atoms with Crippen molar-refractivity contribution in [2.45, 2.75) is 6.92 Å². The third-order valence-electron chi connectivity index (χ3n) is 3.19. The summed E-state index contributed by atoms with van der Waals surface area (Å²) in [5.41, 5.74) is 1.83. The van der Waals surface area contributed by atoms with E-state index in [-0.39, 0.29) is 17.9 Å². The Kier molecular flexibility index (Phi) is 5.49. The van der Waals surface area contributed by atoms with Crippen LogP contribution in [0.2, 0.25) is 0 Å². The molecule has 0 amide bonds. The van der Waals surface area contributed by atoms with Gasteiger partial charge in [0.05, 0.1) is 0 Å². The van der Waals surface area contributed by atoms with Gasteiger partial charge in [-0.25, -0.2) is 9.18 Å². The molecule has 4 nitrogen and oxygen atoms in total. The maximum atomic E-state index is 14.2. The summed E-state index contributed by atoms with van der Waals surface area (Å²) in [6, 6.07) is 11.3. The highest BCUT2D eigenvalue weighted by atomic mass is 19.1. The second kappa shape index (κ2) is 7.56. The molecule has 1 N–H and O–H groups in total. The first-order valence-corrected chi connectivity index (χ1v) is 6.95. The molecule has 0 aliphatic carbocycles. The van der Waals surface area contributed by atoms with Crippen molar-refractivity contribution in [3.63, 3.8) is 0 Å². The fourth-order valence-electron chi connectivity index (χ4n) is 2.21. The van der Waals surface area contributed by atoms with E-state index in [1.165, 1.54) is 19.2 Å². The van der Waals surface area contributed by atoms with Gasteiger partial charge in [0.15, 0.2) is 6.79 Å². The SMILES string of the molecule is COCOc1ccc(C)cc1C(=CC(=O)O)c1ccccc1F. The number of carboxylic acids is 1. The van der Waals surface area contributed by atoms with Crippen LogP contribution in [0.25, 0.3) is 5.57 Å². The highest BCUT2D eigenvalue weighted by Crippen LogP contribution is 2.33. The minimum Gasteiger partial charge on any atom is -0.478 e. The lowest BCUT2D eigenvalue weighted by Crippen LogP contribution is -2.04. The van der Waals surface area contributed by atoms with Gasteiger partial charge >= 0.3 is 5.97 Å². The standard InChI is InChI=1S/C18H17FO4/c1-12-7-8-17(23-11-22-2)15(9-12)14(10-18(20)21)13-5-3-4-6-16(13)19/h3-10H,11H2,1-2H3,(H,20,21). The number of aryl methyl sites for hydroxylation is 1. The minimum atomic E-state index is -1.16. The van der Waals surface area contributed by atoms with Crippen molar-refractivity contribution in [2.24, 2.45) is 0 Å². The zero-order chi connectivity index (χ0) is 16.8. The number of rotatable bonds is 6. The van der Waals surface area contributed by atoms with E-state index in [4.69, 9.17) is 14.6 Å². The van der Waals surface area contributed by atoms with Gasteiger partial charge in [0.2, 0.25) is 0 Å². The molecule has 23 heavy (non-hydrogen) atoms. The molecule has 0 saturated carbocycles. The van der Waals surface area contributed by atoms with E-state index in [1.807, 2.05) is 13.0 Å². The van der Waals surface area contributed by atoms with Gasteiger partial charge in [-0.15, -0.1) is 0 Å². The van der Waals surface area contributed by atoms with Crippen molar-refractivity contribution in [3.05, 3.63) is 71.0 Å². The van der Waals surface area contributed by atoms with Gasteiger partial charge in [-0.3, -0.25) is 0 Å². The molecule has 5 heteroatoms. The van der Waals surface area contributed by atoms with Crippen LogP contribution in [0.15, 0.2) is 48.5 Å². The molecule has 0 aliphatic rings. The molecule has 120 valence electrons. The highest BCUT2D eigenvalue weighted by molar-refractivity contribution is 5.96. The lowest BCUT2D eigenvalue weighted by Gasteiger charge is -2.15. The smallest absolute Gasteiger partial charge is 0.328 e. The van der Waals surface area contributed by atoms with E-state index < -0.39 is 11.8 Å². The Morgan fingerprint density at radius 2 is 1.96 bits per heavy atom. The zero-order valence-electron chi connectivity index (χ0n) is 12.9. The molecule has 0 bridgehead atoms. The maximum Gasteiger partial charge on any atom is 0.328 e. The summed E-state index contributed by atoms with van der Waals surface area (Å²) in [6.45, 7) is 1.87. The number of carbonyl (C=O) groups is 1. The van der Waals surface area contributed by atoms with Gasteiger partial charge in [-0.05, 0) is 25.1 Å². The molecule has 0 radical (unpaired) electrons. The highest BCUT2D eigenvalue weighted by Gasteiger charge is 2.16. The zero-order valence-corrected chi connectivity index (χ0v) is 12.9. The monoisotopic (exact) mass is 316 g/mol. The quantitative estimate of drug-likeness (QED) is 0.653. The normalized spacial score (nSPS) is 11.3. The predicted octanol–water partition coefficient (Wildman–Crippen LogP) is 3.63. The molecule has 2 rings (SSSR count). The van der Waals surface area contributed by atoms with Gasteiger partial charge < -0.3 is 14.6 Å². The van der Waals surface area contributed by atoms with Crippen LogP contribution in [0, 0.1) is 12.7 Å². The predicted molar refractivity (Wildman–Crippen MR) is 84.8 cm³/mol. The van der Waals surface area contributed by atoms with Crippen LogP contribution in [0.1, 0.15) is 16.7 Å². The van der Waals surface area contributed by atoms with Crippen molar-refractivity contribution >= 4 is 11.5 Å². The van der Waals surface area contributed by atoms with Crippen LogP contribution in [-0.4, -0.2) is 25.0 Å². The van der Waals surface area contributed by atoms with Crippen molar-refractivity contribution < 1.29 is 23.8 Å². The third-order valence-corrected chi connectivity index (χ3v) is 3.19. The Bertz CT molecular complexity index is 738. The number of methoxy groups -OCH3 is 1. The van der Waals surface area contributed by atoms with Crippen molar-refractivity contribution in [1.82, 2.24) is 0 Å². The maximum absolute atomic E-state index is 14.2. The van der Waals surface area contributed by atoms with Crippen LogP contribution in [-0.2, 0) is 9.53 Å². The molecule has 0 aliphatic heterocycles. The first kappa shape index (κ1) is 16.7. The number of ether oxygens (including phenoxy) is 2. The molecule has 2 aromatic rings. The van der Waals surface area contributed by atoms with Crippen LogP contribution >= 0.6 is 0 Å². The number of halogens is 1. The first-order valence-electron chi connectivity index (χ1n) is 6.95. The summed E-state index contributed by atoms with van der Waals surface area (Å²) in [7, 11) is 1.48. The summed E-state index contributed by atoms with van der Waals surface area (Å²) >= 11 is 0. The van der Waals surface area contributed by atoms with E-state index in [1.54, 1.807) is 24.3 Å². The third kappa shape index (κ3) is 4.17. The number of hydrogen-bond acceptors (Lipinski definition) is 3. The number of benzene rings is 2. The second-order valence-electron chi connectivity index (χ2n) is 4.93. The molecule has 0 atom stereocenters. The fraction of sp³-hybridized carbons (Fsp3) is 0.167. The van der Waals surface area contributed by atoms with Crippen LogP contribution < -0.4 is 4.74 Å². The molecule has 2 aromatic carbocycles. The van der Waals surface area contributed by atoms with E-state index in [2.05, 4.69) is 0 Å². The molecular formula is C18H17FO4. The molecule has 0 unspecified atom stereocenters. The van der Waals surface area contributed by atoms with Gasteiger partial charge in [0, 0.05) is 29.9 Å². The topological polar surface area (TPSA) is 55.8 Å².